The quantitative estimate of drug-likeness (QED) is 0.107. The minimum absolute atomic E-state index is 0.0564. The summed E-state index contributed by atoms with van der Waals surface area (Å²) in [5.74, 6) is 0. The summed E-state index contributed by atoms with van der Waals surface area (Å²) in [6.45, 7) is 20.3. The molecule has 0 saturated heterocycles. The van der Waals surface area contributed by atoms with Gasteiger partial charge in [-0.2, -0.15) is 0 Å². The van der Waals surface area contributed by atoms with Crippen LogP contribution in [0.4, 0.5) is 5.69 Å². The summed E-state index contributed by atoms with van der Waals surface area (Å²) in [5, 5.41) is 3.84. The van der Waals surface area contributed by atoms with Gasteiger partial charge in [-0.25, -0.2) is 0 Å². The van der Waals surface area contributed by atoms with Crippen LogP contribution in [0, 0.1) is 0 Å². The van der Waals surface area contributed by atoms with Crippen molar-refractivity contribution in [3.8, 4) is 0 Å². The molecule has 0 atom stereocenters. The highest BCUT2D eigenvalue weighted by Crippen LogP contribution is 2.46. The molecule has 0 aromatic heterocycles. The Morgan fingerprint density at radius 2 is 0.625 bits per heavy atom. The van der Waals surface area contributed by atoms with E-state index in [1.807, 2.05) is 12.1 Å². The maximum Gasteiger partial charge on any atom is 0.0701 e. The second-order valence-corrected chi connectivity index (χ2v) is 14.0. The minimum Gasteiger partial charge on any atom is -0.0608 e. The van der Waals surface area contributed by atoms with Gasteiger partial charge in [0.05, 0.1) is 5.41 Å². The number of rotatable bonds is 5. The second kappa shape index (κ2) is 10.6. The van der Waals surface area contributed by atoms with E-state index in [1.165, 1.54) is 33.4 Å². The molecular weight excluding hydrogens is 486 g/mol. The fourth-order valence-corrected chi connectivity index (χ4v) is 5.49. The van der Waals surface area contributed by atoms with Gasteiger partial charge in [-0.1, -0.05) is 164 Å². The predicted octanol–water partition coefficient (Wildman–Crippen LogP) is 10.9. The van der Waals surface area contributed by atoms with Crippen molar-refractivity contribution in [2.75, 3.05) is 0 Å². The van der Waals surface area contributed by atoms with Crippen molar-refractivity contribution in [3.05, 3.63) is 146 Å². The Balaban J connectivity index is 2.08. The largest absolute Gasteiger partial charge is 0.0701 e. The van der Waals surface area contributed by atoms with Gasteiger partial charge in [-0.15, -0.1) is 0 Å². The minimum atomic E-state index is -0.571. The van der Waals surface area contributed by atoms with Gasteiger partial charge in [0.25, 0.3) is 0 Å². The molecule has 0 spiro atoms. The van der Waals surface area contributed by atoms with Crippen LogP contribution in [0.3, 0.4) is 0 Å². The molecule has 206 valence electrons. The van der Waals surface area contributed by atoms with E-state index in [0.29, 0.717) is 5.69 Å². The molecule has 4 aromatic carbocycles. The van der Waals surface area contributed by atoms with Crippen molar-refractivity contribution in [1.82, 2.24) is 0 Å². The Hall–Kier alpha value is -3.81. The second-order valence-electron chi connectivity index (χ2n) is 14.0. The third-order valence-electron chi connectivity index (χ3n) is 8.01. The van der Waals surface area contributed by atoms with Crippen LogP contribution in [0.25, 0.3) is 10.4 Å². The summed E-state index contributed by atoms with van der Waals surface area (Å²) in [5.41, 5.74) is 17.8. The first-order chi connectivity index (χ1) is 18.7. The Bertz CT molecular complexity index is 1340. The fraction of sp³-hybridized carbons (Fsp3) is 0.351. The molecule has 3 heteroatoms. The topological polar surface area (TPSA) is 48.8 Å². The summed E-state index contributed by atoms with van der Waals surface area (Å²) in [6.07, 6.45) is 0. The third-order valence-corrected chi connectivity index (χ3v) is 8.01. The molecular formula is C37H43N3. The van der Waals surface area contributed by atoms with E-state index in [9.17, 15) is 0 Å². The Kier molecular flexibility index (Phi) is 7.76. The lowest BCUT2D eigenvalue weighted by Crippen LogP contribution is -2.31. The van der Waals surface area contributed by atoms with Gasteiger partial charge in [0.1, 0.15) is 0 Å². The van der Waals surface area contributed by atoms with E-state index in [-0.39, 0.29) is 16.2 Å². The third kappa shape index (κ3) is 5.71. The van der Waals surface area contributed by atoms with E-state index in [2.05, 4.69) is 157 Å². The number of hydrogen-bond donors (Lipinski definition) is 0. The Labute approximate surface area is 240 Å². The van der Waals surface area contributed by atoms with E-state index in [4.69, 9.17) is 5.53 Å². The maximum absolute atomic E-state index is 9.02. The van der Waals surface area contributed by atoms with Crippen molar-refractivity contribution < 1.29 is 0 Å². The zero-order chi connectivity index (χ0) is 29.3. The maximum atomic E-state index is 9.02. The molecule has 0 radical (unpaired) electrons. The summed E-state index contributed by atoms with van der Waals surface area (Å²) >= 11 is 0. The van der Waals surface area contributed by atoms with Crippen LogP contribution in [0.15, 0.2) is 102 Å². The number of nitrogens with zero attached hydrogens (tertiary/aromatic N) is 3. The molecule has 0 saturated carbocycles. The first-order valence-corrected chi connectivity index (χ1v) is 14.2. The summed E-state index contributed by atoms with van der Waals surface area (Å²) < 4.78 is 0. The zero-order valence-electron chi connectivity index (χ0n) is 25.6. The molecule has 0 aliphatic rings. The summed E-state index contributed by atoms with van der Waals surface area (Å²) in [7, 11) is 0. The monoisotopic (exact) mass is 529 g/mol. The normalized spacial score (nSPS) is 12.6. The van der Waals surface area contributed by atoms with Crippen LogP contribution in [-0.4, -0.2) is 0 Å². The number of azide groups is 1. The van der Waals surface area contributed by atoms with Crippen LogP contribution in [0.5, 0.6) is 0 Å². The van der Waals surface area contributed by atoms with E-state index in [1.54, 1.807) is 0 Å². The Morgan fingerprint density at radius 1 is 0.400 bits per heavy atom. The smallest absolute Gasteiger partial charge is 0.0608 e. The van der Waals surface area contributed by atoms with Gasteiger partial charge in [0.2, 0.25) is 0 Å². The SMILES string of the molecule is CC(C)(C)c1ccc(C(c2ccc(N=[N+]=[N-])cc2)(c2ccc(C(C)(C)C)cc2)c2ccc(C(C)(C)C)cc2)cc1. The van der Waals surface area contributed by atoms with Crippen molar-refractivity contribution in [3.63, 3.8) is 0 Å². The molecule has 0 heterocycles. The van der Waals surface area contributed by atoms with Crippen molar-refractivity contribution in [1.29, 1.82) is 0 Å². The average Bonchev–Trinajstić information content (AvgIpc) is 2.90. The van der Waals surface area contributed by atoms with Crippen molar-refractivity contribution in [2.45, 2.75) is 84.0 Å². The van der Waals surface area contributed by atoms with E-state index >= 15 is 0 Å². The molecule has 0 bridgehead atoms. The molecule has 0 unspecified atom stereocenters. The van der Waals surface area contributed by atoms with E-state index < -0.39 is 5.41 Å². The van der Waals surface area contributed by atoms with E-state index in [0.717, 1.165) is 5.56 Å². The zero-order valence-corrected chi connectivity index (χ0v) is 25.6. The molecule has 4 rings (SSSR count). The van der Waals surface area contributed by atoms with Crippen LogP contribution in [0.2, 0.25) is 0 Å². The predicted molar refractivity (Wildman–Crippen MR) is 170 cm³/mol. The molecule has 0 N–H and O–H groups in total. The van der Waals surface area contributed by atoms with Crippen LogP contribution in [-0.2, 0) is 21.7 Å². The number of benzene rings is 4. The van der Waals surface area contributed by atoms with Crippen LogP contribution < -0.4 is 0 Å². The summed E-state index contributed by atoms with van der Waals surface area (Å²) in [4.78, 5) is 3.00. The lowest BCUT2D eigenvalue weighted by molar-refractivity contribution is 0.587. The summed E-state index contributed by atoms with van der Waals surface area (Å²) in [6, 6.07) is 35.4. The van der Waals surface area contributed by atoms with Crippen LogP contribution in [0.1, 0.15) is 101 Å². The highest BCUT2D eigenvalue weighted by molar-refractivity contribution is 5.62. The number of hydrogen-bond acceptors (Lipinski definition) is 1. The van der Waals surface area contributed by atoms with Crippen LogP contribution >= 0.6 is 0 Å². The molecule has 0 aliphatic carbocycles. The van der Waals surface area contributed by atoms with Gasteiger partial charge in [-0.05, 0) is 60.7 Å². The van der Waals surface area contributed by atoms with Gasteiger partial charge < -0.3 is 0 Å². The van der Waals surface area contributed by atoms with Gasteiger partial charge >= 0.3 is 0 Å². The first kappa shape index (κ1) is 29.2. The molecule has 3 nitrogen and oxygen atoms in total. The van der Waals surface area contributed by atoms with Gasteiger partial charge in [-0.3, -0.25) is 0 Å². The molecule has 4 aromatic rings. The van der Waals surface area contributed by atoms with Gasteiger partial charge in [0, 0.05) is 10.6 Å². The first-order valence-electron chi connectivity index (χ1n) is 14.2. The average molecular weight is 530 g/mol. The lowest BCUT2D eigenvalue weighted by Gasteiger charge is -2.38. The highest BCUT2D eigenvalue weighted by Gasteiger charge is 2.39. The Morgan fingerprint density at radius 3 is 0.850 bits per heavy atom. The highest BCUT2D eigenvalue weighted by atomic mass is 15.1. The molecule has 0 amide bonds. The molecule has 40 heavy (non-hydrogen) atoms. The standard InChI is InChI=1S/C37H43N3/c1-34(2,3)26-10-16-29(17-11-26)37(32-22-24-33(25-23-32)39-40-38,30-18-12-27(13-19-30)35(4,5)6)31-20-14-28(15-21-31)36(7,8)9/h10-25H,1-9H3. The molecule has 0 fully saturated rings. The van der Waals surface area contributed by atoms with Crippen molar-refractivity contribution in [2.24, 2.45) is 5.11 Å². The lowest BCUT2D eigenvalue weighted by atomic mass is 9.64. The fourth-order valence-electron chi connectivity index (χ4n) is 5.49. The van der Waals surface area contributed by atoms with Crippen molar-refractivity contribution >= 4 is 5.69 Å². The van der Waals surface area contributed by atoms with Gasteiger partial charge in [0.15, 0.2) is 0 Å². The molecule has 0 aliphatic heterocycles.